The first-order chi connectivity index (χ1) is 16.4. The smallest absolute Gasteiger partial charge is 0.349 e. The number of unbranched alkanes of at least 4 members (excludes halogenated alkanes) is 15. The summed E-state index contributed by atoms with van der Waals surface area (Å²) in [6, 6.07) is 0. The first kappa shape index (κ1) is 33.7. The molecule has 3 N–H and O–H groups in total. The largest absolute Gasteiger partial charge is 0.472 e. The Labute approximate surface area is 211 Å². The van der Waals surface area contributed by atoms with E-state index in [1.54, 1.807) is 6.92 Å². The molecule has 0 saturated carbocycles. The number of phosphoric acid groups is 1. The minimum atomic E-state index is -4.03. The summed E-state index contributed by atoms with van der Waals surface area (Å²) in [4.78, 5) is 21.4. The van der Waals surface area contributed by atoms with Gasteiger partial charge < -0.3 is 15.0 Å². The molecule has 0 aliphatic heterocycles. The molecule has 0 aromatic heterocycles. The second-order valence-corrected chi connectivity index (χ2v) is 11.5. The van der Waals surface area contributed by atoms with E-state index in [1.807, 2.05) is 12.4 Å². The summed E-state index contributed by atoms with van der Waals surface area (Å²) in [5.41, 5.74) is 0. The van der Waals surface area contributed by atoms with Crippen LogP contribution in [0.25, 0.3) is 0 Å². The number of nitrogens with two attached hydrogens (primary N) is 1. The average Bonchev–Trinajstić information content (AvgIpc) is 2.79. The van der Waals surface area contributed by atoms with E-state index in [0.29, 0.717) is 12.8 Å². The van der Waals surface area contributed by atoms with Crippen LogP contribution in [0.4, 0.5) is 0 Å². The molecule has 0 aromatic rings. The quantitative estimate of drug-likeness (QED) is 0.0929. The number of Topliss-reactive ketones (excluding diaryl/α,β-unsaturated/α-hetero) is 1. The molecule has 0 rings (SSSR count). The lowest BCUT2D eigenvalue weighted by Gasteiger charge is -2.18. The van der Waals surface area contributed by atoms with Crippen molar-refractivity contribution in [3.05, 3.63) is 0 Å². The fraction of sp³-hybridized carbons (Fsp3) is 0.963. The van der Waals surface area contributed by atoms with Crippen LogP contribution in [-0.2, 0) is 18.4 Å². The fourth-order valence-corrected chi connectivity index (χ4v) is 5.17. The molecule has 0 heterocycles. The molecule has 6 nitrogen and oxygen atoms in total. The van der Waals surface area contributed by atoms with Crippen molar-refractivity contribution in [2.24, 2.45) is 5.92 Å². The third-order valence-electron chi connectivity index (χ3n) is 6.41. The standard InChI is InChI=1S/C27H56NO5P/c1-4-5-6-7-8-9-10-11-12-13-14-15-16-17-18-19-21-27(24-26(2)29)25-33-34(30,31)32-23-20-22-28-3/h27-28H,4-25H2,1-3H3,(H,30,31)/p+1. The number of carbonyl (C=O) groups excluding carboxylic acids is 1. The minimum absolute atomic E-state index is 0.0165. The Morgan fingerprint density at radius 3 is 1.71 bits per heavy atom. The second kappa shape index (κ2) is 24.4. The van der Waals surface area contributed by atoms with E-state index in [0.717, 1.165) is 25.8 Å². The normalized spacial score (nSPS) is 14.2. The highest BCUT2D eigenvalue weighted by molar-refractivity contribution is 7.47. The average molecular weight is 507 g/mol. The number of quaternary nitrogens is 1. The molecule has 0 aromatic carbocycles. The van der Waals surface area contributed by atoms with Crippen LogP contribution >= 0.6 is 7.82 Å². The van der Waals surface area contributed by atoms with Crippen molar-refractivity contribution in [2.45, 2.75) is 136 Å². The van der Waals surface area contributed by atoms with Crippen LogP contribution in [-0.4, -0.2) is 37.5 Å². The second-order valence-electron chi connectivity index (χ2n) is 10.0. The monoisotopic (exact) mass is 506 g/mol. The number of ketones is 1. The van der Waals surface area contributed by atoms with Gasteiger partial charge in [-0.05, 0) is 19.3 Å². The van der Waals surface area contributed by atoms with Gasteiger partial charge in [-0.2, -0.15) is 0 Å². The highest BCUT2D eigenvalue weighted by atomic mass is 31.2. The summed E-state index contributed by atoms with van der Waals surface area (Å²) in [5, 5.41) is 1.99. The van der Waals surface area contributed by atoms with Crippen LogP contribution < -0.4 is 5.32 Å². The van der Waals surface area contributed by atoms with Crippen LogP contribution in [0.3, 0.4) is 0 Å². The van der Waals surface area contributed by atoms with Gasteiger partial charge in [0.05, 0.1) is 26.8 Å². The van der Waals surface area contributed by atoms with Crippen molar-refractivity contribution < 1.29 is 28.6 Å². The maximum absolute atomic E-state index is 12.0. The van der Waals surface area contributed by atoms with E-state index in [1.165, 1.54) is 89.9 Å². The summed E-state index contributed by atoms with van der Waals surface area (Å²) < 4.78 is 22.2. The number of hydrogen-bond acceptors (Lipinski definition) is 4. The van der Waals surface area contributed by atoms with Crippen LogP contribution in [0.5, 0.6) is 0 Å². The molecule has 7 heteroatoms. The maximum Gasteiger partial charge on any atom is 0.472 e. The van der Waals surface area contributed by atoms with Crippen molar-refractivity contribution in [2.75, 3.05) is 26.8 Å². The molecule has 0 saturated heterocycles. The van der Waals surface area contributed by atoms with Crippen LogP contribution in [0.2, 0.25) is 0 Å². The molecule has 0 fully saturated rings. The van der Waals surface area contributed by atoms with Crippen LogP contribution in [0, 0.1) is 5.92 Å². The first-order valence-corrected chi connectivity index (χ1v) is 15.8. The van der Waals surface area contributed by atoms with Gasteiger partial charge in [0.2, 0.25) is 0 Å². The number of phosphoric ester groups is 1. The Morgan fingerprint density at radius 1 is 0.794 bits per heavy atom. The Kier molecular flexibility index (Phi) is 24.2. The van der Waals surface area contributed by atoms with Crippen molar-refractivity contribution in [3.63, 3.8) is 0 Å². The number of carbonyl (C=O) groups is 1. The molecule has 0 bridgehead atoms. The van der Waals surface area contributed by atoms with Gasteiger partial charge in [0.25, 0.3) is 0 Å². The van der Waals surface area contributed by atoms with Crippen molar-refractivity contribution in [3.8, 4) is 0 Å². The van der Waals surface area contributed by atoms with E-state index in [9.17, 15) is 14.3 Å². The van der Waals surface area contributed by atoms with Gasteiger partial charge in [0, 0.05) is 12.8 Å². The first-order valence-electron chi connectivity index (χ1n) is 14.3. The van der Waals surface area contributed by atoms with Gasteiger partial charge in [-0.25, -0.2) is 4.57 Å². The summed E-state index contributed by atoms with van der Waals surface area (Å²) in [6.45, 7) is 4.98. The predicted molar refractivity (Wildman–Crippen MR) is 142 cm³/mol. The molecule has 2 unspecified atom stereocenters. The van der Waals surface area contributed by atoms with Gasteiger partial charge >= 0.3 is 7.82 Å². The van der Waals surface area contributed by atoms with Gasteiger partial charge in [-0.15, -0.1) is 0 Å². The zero-order valence-corrected chi connectivity index (χ0v) is 23.6. The van der Waals surface area contributed by atoms with E-state index in [-0.39, 0.29) is 24.9 Å². The lowest BCUT2D eigenvalue weighted by atomic mass is 9.96. The highest BCUT2D eigenvalue weighted by Crippen LogP contribution is 2.44. The molecule has 2 atom stereocenters. The maximum atomic E-state index is 12.0. The molecular weight excluding hydrogens is 449 g/mol. The SMILES string of the molecule is CCCCCCCCCCCCCCCCCCC(COP(=O)(O)OCCC[NH2+]C)CC(C)=O. The molecular formula is C27H57NO5P+. The Morgan fingerprint density at radius 2 is 1.26 bits per heavy atom. The predicted octanol–water partition coefficient (Wildman–Crippen LogP) is 6.95. The lowest BCUT2D eigenvalue weighted by molar-refractivity contribution is -0.627. The zero-order chi connectivity index (χ0) is 25.3. The minimum Gasteiger partial charge on any atom is -0.349 e. The van der Waals surface area contributed by atoms with E-state index < -0.39 is 7.82 Å². The van der Waals surface area contributed by atoms with E-state index in [4.69, 9.17) is 9.05 Å². The lowest BCUT2D eigenvalue weighted by Crippen LogP contribution is -2.79. The number of rotatable bonds is 27. The van der Waals surface area contributed by atoms with Crippen molar-refractivity contribution >= 4 is 13.6 Å². The van der Waals surface area contributed by atoms with Crippen molar-refractivity contribution in [1.82, 2.24) is 0 Å². The summed E-state index contributed by atoms with van der Waals surface area (Å²) >= 11 is 0. The summed E-state index contributed by atoms with van der Waals surface area (Å²) in [5.74, 6) is 0.0782. The topological polar surface area (TPSA) is 89.4 Å². The fourth-order valence-electron chi connectivity index (χ4n) is 4.34. The van der Waals surface area contributed by atoms with Crippen molar-refractivity contribution in [1.29, 1.82) is 0 Å². The van der Waals surface area contributed by atoms with Gasteiger partial charge in [-0.1, -0.05) is 110 Å². The molecule has 0 spiro atoms. The molecule has 0 aliphatic rings. The molecule has 34 heavy (non-hydrogen) atoms. The Balaban J connectivity index is 3.70. The number of hydrogen-bond donors (Lipinski definition) is 2. The molecule has 204 valence electrons. The highest BCUT2D eigenvalue weighted by Gasteiger charge is 2.23. The van der Waals surface area contributed by atoms with Gasteiger partial charge in [-0.3, -0.25) is 9.05 Å². The van der Waals surface area contributed by atoms with E-state index in [2.05, 4.69) is 6.92 Å². The summed E-state index contributed by atoms with van der Waals surface area (Å²) in [6.07, 6.45) is 23.2. The van der Waals surface area contributed by atoms with Crippen LogP contribution in [0.1, 0.15) is 136 Å². The van der Waals surface area contributed by atoms with Crippen LogP contribution in [0.15, 0.2) is 0 Å². The summed E-state index contributed by atoms with van der Waals surface area (Å²) in [7, 11) is -2.09. The third kappa shape index (κ3) is 24.9. The third-order valence-corrected chi connectivity index (χ3v) is 7.39. The van der Waals surface area contributed by atoms with Gasteiger partial charge in [0.15, 0.2) is 0 Å². The molecule has 0 amide bonds. The Hall–Kier alpha value is -0.260. The molecule has 0 radical (unpaired) electrons. The van der Waals surface area contributed by atoms with Gasteiger partial charge in [0.1, 0.15) is 5.78 Å². The molecule has 0 aliphatic carbocycles. The zero-order valence-electron chi connectivity index (χ0n) is 22.7. The Bertz CT molecular complexity index is 503. The van der Waals surface area contributed by atoms with E-state index >= 15 is 0 Å².